The highest BCUT2D eigenvalue weighted by molar-refractivity contribution is 7.91. The van der Waals surface area contributed by atoms with Crippen molar-refractivity contribution < 1.29 is 17.6 Å². The fourth-order valence-corrected chi connectivity index (χ4v) is 3.91. The average Bonchev–Trinajstić information content (AvgIpc) is 2.31. The Balaban J connectivity index is 2.13. The van der Waals surface area contributed by atoms with Crippen molar-refractivity contribution in [3.63, 3.8) is 0 Å². The molecule has 1 unspecified atom stereocenters. The van der Waals surface area contributed by atoms with E-state index in [9.17, 15) is 17.6 Å². The lowest BCUT2D eigenvalue weighted by Crippen LogP contribution is -2.35. The molecule has 2 rings (SSSR count). The van der Waals surface area contributed by atoms with Crippen LogP contribution < -0.4 is 10.6 Å². The van der Waals surface area contributed by atoms with Crippen molar-refractivity contribution in [2.24, 2.45) is 0 Å². The summed E-state index contributed by atoms with van der Waals surface area (Å²) in [7, 11) is -3.05. The zero-order valence-electron chi connectivity index (χ0n) is 11.1. The second kappa shape index (κ2) is 5.78. The number of anilines is 2. The molecule has 0 bridgehead atoms. The van der Waals surface area contributed by atoms with Crippen molar-refractivity contribution in [1.29, 1.82) is 0 Å². The normalized spacial score (nSPS) is 21.2. The lowest BCUT2D eigenvalue weighted by atomic mass is 10.1. The first-order valence-electron chi connectivity index (χ1n) is 6.40. The minimum atomic E-state index is -3.05. The third kappa shape index (κ3) is 3.93. The second-order valence-corrected chi connectivity index (χ2v) is 7.20. The van der Waals surface area contributed by atoms with Gasteiger partial charge in [-0.25, -0.2) is 12.8 Å². The van der Waals surface area contributed by atoms with Crippen LogP contribution in [0, 0.1) is 5.82 Å². The summed E-state index contributed by atoms with van der Waals surface area (Å²) in [6.45, 7) is 1.37. The van der Waals surface area contributed by atoms with Crippen molar-refractivity contribution >= 4 is 27.1 Å². The Morgan fingerprint density at radius 3 is 2.80 bits per heavy atom. The van der Waals surface area contributed by atoms with Gasteiger partial charge in [0.1, 0.15) is 5.82 Å². The molecule has 1 saturated heterocycles. The summed E-state index contributed by atoms with van der Waals surface area (Å²) in [6, 6.07) is 3.87. The van der Waals surface area contributed by atoms with Crippen LogP contribution in [0.5, 0.6) is 0 Å². The predicted molar refractivity (Wildman–Crippen MR) is 76.0 cm³/mol. The van der Waals surface area contributed by atoms with E-state index in [4.69, 9.17) is 0 Å². The minimum absolute atomic E-state index is 0.0107. The lowest BCUT2D eigenvalue weighted by Gasteiger charge is -2.24. The molecule has 1 aliphatic heterocycles. The molecular formula is C13H17FN2O3S. The van der Waals surface area contributed by atoms with Crippen LogP contribution in [0.1, 0.15) is 19.8 Å². The molecule has 1 heterocycles. The molecule has 1 aromatic rings. The molecule has 1 atom stereocenters. The molecule has 20 heavy (non-hydrogen) atoms. The molecule has 5 nitrogen and oxygen atoms in total. The van der Waals surface area contributed by atoms with Gasteiger partial charge in [-0.15, -0.1) is 0 Å². The SMILES string of the molecule is CC(=O)Nc1ccc(F)c(NC2CCCS(=O)(=O)C2)c1. The molecule has 7 heteroatoms. The Morgan fingerprint density at radius 1 is 1.40 bits per heavy atom. The lowest BCUT2D eigenvalue weighted by molar-refractivity contribution is -0.114. The van der Waals surface area contributed by atoms with Crippen LogP contribution in [0.4, 0.5) is 15.8 Å². The number of amides is 1. The van der Waals surface area contributed by atoms with E-state index in [1.165, 1.54) is 25.1 Å². The first-order valence-corrected chi connectivity index (χ1v) is 8.22. The number of nitrogens with one attached hydrogen (secondary N) is 2. The van der Waals surface area contributed by atoms with Crippen LogP contribution in [0.2, 0.25) is 0 Å². The van der Waals surface area contributed by atoms with Crippen LogP contribution in [0.25, 0.3) is 0 Å². The summed E-state index contributed by atoms with van der Waals surface area (Å²) in [5.41, 5.74) is 0.679. The molecule has 0 saturated carbocycles. The summed E-state index contributed by atoms with van der Waals surface area (Å²) in [5, 5.41) is 5.47. The number of sulfone groups is 1. The summed E-state index contributed by atoms with van der Waals surface area (Å²) >= 11 is 0. The van der Waals surface area contributed by atoms with E-state index in [-0.39, 0.29) is 29.1 Å². The molecule has 1 fully saturated rings. The van der Waals surface area contributed by atoms with Crippen LogP contribution >= 0.6 is 0 Å². The van der Waals surface area contributed by atoms with Crippen molar-refractivity contribution in [3.8, 4) is 0 Å². The molecule has 0 aromatic heterocycles. The molecular weight excluding hydrogens is 283 g/mol. The van der Waals surface area contributed by atoms with E-state index < -0.39 is 15.7 Å². The van der Waals surface area contributed by atoms with Gasteiger partial charge in [0.2, 0.25) is 5.91 Å². The number of hydrogen-bond acceptors (Lipinski definition) is 4. The van der Waals surface area contributed by atoms with Crippen molar-refractivity contribution in [1.82, 2.24) is 0 Å². The third-order valence-electron chi connectivity index (χ3n) is 3.11. The van der Waals surface area contributed by atoms with Gasteiger partial charge in [-0.05, 0) is 31.0 Å². The number of rotatable bonds is 3. The van der Waals surface area contributed by atoms with Crippen LogP contribution in [0.3, 0.4) is 0 Å². The van der Waals surface area contributed by atoms with Gasteiger partial charge in [-0.2, -0.15) is 0 Å². The fraction of sp³-hybridized carbons (Fsp3) is 0.462. The van der Waals surface area contributed by atoms with Crippen molar-refractivity contribution in [2.45, 2.75) is 25.8 Å². The summed E-state index contributed by atoms with van der Waals surface area (Å²) in [5.74, 6) is -0.513. The number of carbonyl (C=O) groups is 1. The highest BCUT2D eigenvalue weighted by atomic mass is 32.2. The minimum Gasteiger partial charge on any atom is -0.379 e. The smallest absolute Gasteiger partial charge is 0.221 e. The zero-order valence-corrected chi connectivity index (χ0v) is 12.0. The van der Waals surface area contributed by atoms with Crippen molar-refractivity contribution in [3.05, 3.63) is 24.0 Å². The Bertz CT molecular complexity index is 616. The highest BCUT2D eigenvalue weighted by Gasteiger charge is 2.25. The van der Waals surface area contributed by atoms with Gasteiger partial charge >= 0.3 is 0 Å². The second-order valence-electron chi connectivity index (χ2n) is 4.97. The molecule has 2 N–H and O–H groups in total. The van der Waals surface area contributed by atoms with E-state index in [2.05, 4.69) is 10.6 Å². The summed E-state index contributed by atoms with van der Waals surface area (Å²) in [4.78, 5) is 11.0. The molecule has 1 aromatic carbocycles. The largest absolute Gasteiger partial charge is 0.379 e. The van der Waals surface area contributed by atoms with E-state index >= 15 is 0 Å². The van der Waals surface area contributed by atoms with E-state index in [0.29, 0.717) is 18.5 Å². The van der Waals surface area contributed by atoms with Gasteiger partial charge in [-0.3, -0.25) is 4.79 Å². The maximum atomic E-state index is 13.7. The number of benzene rings is 1. The molecule has 0 radical (unpaired) electrons. The molecule has 1 aliphatic rings. The molecule has 1 amide bonds. The summed E-state index contributed by atoms with van der Waals surface area (Å²) < 4.78 is 36.8. The standard InChI is InChI=1S/C13H17FN2O3S/c1-9(17)15-10-4-5-12(14)13(7-10)16-11-3-2-6-20(18,19)8-11/h4-5,7,11,16H,2-3,6,8H2,1H3,(H,15,17). The molecule has 110 valence electrons. The molecule has 0 aliphatic carbocycles. The van der Waals surface area contributed by atoms with Crippen molar-refractivity contribution in [2.75, 3.05) is 22.1 Å². The Morgan fingerprint density at radius 2 is 2.15 bits per heavy atom. The number of halogens is 1. The first-order chi connectivity index (χ1) is 9.35. The van der Waals surface area contributed by atoms with Gasteiger partial charge in [0.25, 0.3) is 0 Å². The van der Waals surface area contributed by atoms with Gasteiger partial charge in [0.05, 0.1) is 17.2 Å². The van der Waals surface area contributed by atoms with E-state index in [0.717, 1.165) is 0 Å². The van der Waals surface area contributed by atoms with Gasteiger partial charge < -0.3 is 10.6 Å². The van der Waals surface area contributed by atoms with Gasteiger partial charge in [0, 0.05) is 18.7 Å². The van der Waals surface area contributed by atoms with E-state index in [1.807, 2.05) is 0 Å². The Labute approximate surface area is 117 Å². The van der Waals surface area contributed by atoms with Gasteiger partial charge in [0.15, 0.2) is 9.84 Å². The van der Waals surface area contributed by atoms with Crippen LogP contribution in [0.15, 0.2) is 18.2 Å². The highest BCUT2D eigenvalue weighted by Crippen LogP contribution is 2.23. The van der Waals surface area contributed by atoms with E-state index in [1.54, 1.807) is 0 Å². The van der Waals surface area contributed by atoms with Crippen LogP contribution in [-0.4, -0.2) is 31.9 Å². The Hall–Kier alpha value is -1.63. The average molecular weight is 300 g/mol. The molecule has 0 spiro atoms. The summed E-state index contributed by atoms with van der Waals surface area (Å²) in [6.07, 6.45) is 1.26. The predicted octanol–water partition coefficient (Wildman–Crippen LogP) is 1.77. The quantitative estimate of drug-likeness (QED) is 0.892. The number of hydrogen-bond donors (Lipinski definition) is 2. The monoisotopic (exact) mass is 300 g/mol. The van der Waals surface area contributed by atoms with Gasteiger partial charge in [-0.1, -0.05) is 0 Å². The maximum Gasteiger partial charge on any atom is 0.221 e. The Kier molecular flexibility index (Phi) is 4.27. The first kappa shape index (κ1) is 14.8. The maximum absolute atomic E-state index is 13.7. The fourth-order valence-electron chi connectivity index (χ4n) is 2.27. The van der Waals surface area contributed by atoms with Crippen LogP contribution in [-0.2, 0) is 14.6 Å². The third-order valence-corrected chi connectivity index (χ3v) is 4.93. The number of carbonyl (C=O) groups excluding carboxylic acids is 1. The topological polar surface area (TPSA) is 75.3 Å². The zero-order chi connectivity index (χ0) is 14.8.